The van der Waals surface area contributed by atoms with E-state index < -0.39 is 12.0 Å². The van der Waals surface area contributed by atoms with Gasteiger partial charge in [-0.05, 0) is 45.4 Å². The molecule has 0 bridgehead atoms. The van der Waals surface area contributed by atoms with Gasteiger partial charge in [0.1, 0.15) is 5.75 Å². The smallest absolute Gasteiger partial charge is 0.338 e. The fourth-order valence-electron chi connectivity index (χ4n) is 3.10. The van der Waals surface area contributed by atoms with Crippen LogP contribution in [-0.4, -0.2) is 24.3 Å². The molecule has 27 heavy (non-hydrogen) atoms. The van der Waals surface area contributed by atoms with Crippen LogP contribution in [0.15, 0.2) is 45.3 Å². The minimum Gasteiger partial charge on any atom is -0.497 e. The number of methoxy groups -OCH3 is 1. The van der Waals surface area contributed by atoms with E-state index in [1.165, 1.54) is 11.3 Å². The summed E-state index contributed by atoms with van der Waals surface area (Å²) in [6.45, 7) is 7.58. The van der Waals surface area contributed by atoms with Gasteiger partial charge in [-0.1, -0.05) is 29.0 Å². The average molecular weight is 386 g/mol. The normalized spacial score (nSPS) is 15.8. The number of carbonyl (C=O) groups excluding carboxylic acids is 1. The monoisotopic (exact) mass is 386 g/mol. The van der Waals surface area contributed by atoms with Gasteiger partial charge >= 0.3 is 5.97 Å². The predicted molar refractivity (Wildman–Crippen MR) is 105 cm³/mol. The number of rotatable bonds is 4. The van der Waals surface area contributed by atoms with Gasteiger partial charge in [-0.3, -0.25) is 9.36 Å². The van der Waals surface area contributed by atoms with Crippen molar-refractivity contribution in [3.05, 3.63) is 60.8 Å². The quantitative estimate of drug-likeness (QED) is 0.755. The van der Waals surface area contributed by atoms with Gasteiger partial charge in [0.25, 0.3) is 5.56 Å². The Labute approximate surface area is 161 Å². The molecule has 7 heteroatoms. The van der Waals surface area contributed by atoms with Crippen LogP contribution in [0.5, 0.6) is 5.75 Å². The van der Waals surface area contributed by atoms with Gasteiger partial charge in [-0.15, -0.1) is 0 Å². The minimum absolute atomic E-state index is 0.145. The number of nitrogens with zero attached hydrogens (tertiary/aromatic N) is 2. The maximum atomic E-state index is 13.1. The summed E-state index contributed by atoms with van der Waals surface area (Å²) in [5.74, 6) is 0.246. The van der Waals surface area contributed by atoms with Crippen molar-refractivity contribution >= 4 is 22.9 Å². The van der Waals surface area contributed by atoms with E-state index in [0.29, 0.717) is 26.4 Å². The number of ether oxygens (including phenoxy) is 2. The molecule has 2 aromatic rings. The van der Waals surface area contributed by atoms with Crippen molar-refractivity contribution in [3.8, 4) is 5.75 Å². The Morgan fingerprint density at radius 2 is 1.93 bits per heavy atom. The van der Waals surface area contributed by atoms with E-state index in [1.807, 2.05) is 38.1 Å². The van der Waals surface area contributed by atoms with Crippen LogP contribution in [0.25, 0.3) is 5.57 Å². The molecule has 0 N–H and O–H groups in total. The fraction of sp³-hybridized carbons (Fsp3) is 0.350. The third-order valence-electron chi connectivity index (χ3n) is 4.38. The second kappa shape index (κ2) is 7.52. The topological polar surface area (TPSA) is 69.9 Å². The molecule has 0 saturated heterocycles. The van der Waals surface area contributed by atoms with E-state index in [-0.39, 0.29) is 12.2 Å². The number of aromatic nitrogens is 1. The Morgan fingerprint density at radius 3 is 2.48 bits per heavy atom. The molecule has 1 aromatic heterocycles. The SMILES string of the molecule is CCOC(=O)C1=C(C)N=c2sc(=C(C)C)c(=O)n2[C@@H]1c1ccc(OC)cc1. The summed E-state index contributed by atoms with van der Waals surface area (Å²) in [7, 11) is 1.59. The second-order valence-corrected chi connectivity index (χ2v) is 7.37. The molecule has 6 nitrogen and oxygen atoms in total. The summed E-state index contributed by atoms with van der Waals surface area (Å²) in [6, 6.07) is 6.76. The Hall–Kier alpha value is -2.67. The molecule has 142 valence electrons. The van der Waals surface area contributed by atoms with Crippen LogP contribution in [0.4, 0.5) is 0 Å². The highest BCUT2D eigenvalue weighted by atomic mass is 32.1. The maximum absolute atomic E-state index is 13.1. The van der Waals surface area contributed by atoms with Gasteiger partial charge in [0.2, 0.25) is 0 Å². The van der Waals surface area contributed by atoms with Crippen molar-refractivity contribution in [2.24, 2.45) is 4.99 Å². The van der Waals surface area contributed by atoms with Crippen molar-refractivity contribution in [1.82, 2.24) is 4.57 Å². The Morgan fingerprint density at radius 1 is 1.26 bits per heavy atom. The first-order chi connectivity index (χ1) is 12.9. The lowest BCUT2D eigenvalue weighted by Gasteiger charge is -2.24. The van der Waals surface area contributed by atoms with Gasteiger partial charge < -0.3 is 9.47 Å². The van der Waals surface area contributed by atoms with Gasteiger partial charge in [0, 0.05) is 0 Å². The van der Waals surface area contributed by atoms with Crippen LogP contribution < -0.4 is 19.6 Å². The summed E-state index contributed by atoms with van der Waals surface area (Å²) >= 11 is 1.34. The third kappa shape index (κ3) is 3.35. The Kier molecular flexibility index (Phi) is 5.32. The lowest BCUT2D eigenvalue weighted by Crippen LogP contribution is -2.40. The molecular formula is C20H22N2O4S. The highest BCUT2D eigenvalue weighted by Crippen LogP contribution is 2.31. The number of allylic oxidation sites excluding steroid dienone is 1. The van der Waals surface area contributed by atoms with E-state index >= 15 is 0 Å². The number of hydrogen-bond acceptors (Lipinski definition) is 6. The molecule has 0 aliphatic carbocycles. The molecule has 1 atom stereocenters. The first-order valence-electron chi connectivity index (χ1n) is 8.68. The first kappa shape index (κ1) is 19.1. The molecule has 0 saturated carbocycles. The molecule has 1 aliphatic rings. The van der Waals surface area contributed by atoms with Crippen molar-refractivity contribution in [3.63, 3.8) is 0 Å². The van der Waals surface area contributed by atoms with E-state index in [4.69, 9.17) is 9.47 Å². The molecule has 2 heterocycles. The van der Waals surface area contributed by atoms with Gasteiger partial charge in [-0.2, -0.15) is 0 Å². The van der Waals surface area contributed by atoms with Crippen LogP contribution >= 0.6 is 11.3 Å². The summed E-state index contributed by atoms with van der Waals surface area (Å²) in [4.78, 5) is 30.9. The number of fused-ring (bicyclic) bond motifs is 1. The molecule has 1 aromatic carbocycles. The summed E-state index contributed by atoms with van der Waals surface area (Å²) in [5, 5.41) is 0. The van der Waals surface area contributed by atoms with Crippen LogP contribution in [0.3, 0.4) is 0 Å². The van der Waals surface area contributed by atoms with Crippen LogP contribution in [0.2, 0.25) is 0 Å². The Bertz CT molecular complexity index is 1090. The zero-order chi connectivity index (χ0) is 19.7. The zero-order valence-corrected chi connectivity index (χ0v) is 16.8. The summed E-state index contributed by atoms with van der Waals surface area (Å²) < 4.78 is 12.7. The van der Waals surface area contributed by atoms with Crippen LogP contribution in [-0.2, 0) is 9.53 Å². The third-order valence-corrected chi connectivity index (χ3v) is 5.64. The van der Waals surface area contributed by atoms with Gasteiger partial charge in [-0.25, -0.2) is 9.79 Å². The van der Waals surface area contributed by atoms with Gasteiger partial charge in [0.05, 0.1) is 35.6 Å². The van der Waals surface area contributed by atoms with E-state index in [2.05, 4.69) is 4.99 Å². The van der Waals surface area contributed by atoms with Gasteiger partial charge in [0.15, 0.2) is 4.80 Å². The average Bonchev–Trinajstić information content (AvgIpc) is 2.97. The van der Waals surface area contributed by atoms with Crippen molar-refractivity contribution < 1.29 is 14.3 Å². The summed E-state index contributed by atoms with van der Waals surface area (Å²) in [5.41, 5.74) is 2.53. The van der Waals surface area contributed by atoms with Crippen molar-refractivity contribution in [2.45, 2.75) is 33.7 Å². The highest BCUT2D eigenvalue weighted by molar-refractivity contribution is 7.07. The molecule has 3 rings (SSSR count). The highest BCUT2D eigenvalue weighted by Gasteiger charge is 2.33. The molecule has 1 aliphatic heterocycles. The zero-order valence-electron chi connectivity index (χ0n) is 16.0. The molecule has 0 fully saturated rings. The van der Waals surface area contributed by atoms with Crippen molar-refractivity contribution in [2.75, 3.05) is 13.7 Å². The predicted octanol–water partition coefficient (Wildman–Crippen LogP) is 2.17. The van der Waals surface area contributed by atoms with Crippen LogP contribution in [0, 0.1) is 0 Å². The fourth-order valence-corrected chi connectivity index (χ4v) is 4.14. The maximum Gasteiger partial charge on any atom is 0.338 e. The molecule has 0 spiro atoms. The largest absolute Gasteiger partial charge is 0.497 e. The molecular weight excluding hydrogens is 364 g/mol. The second-order valence-electron chi connectivity index (χ2n) is 6.40. The molecule has 0 radical (unpaired) electrons. The first-order valence-corrected chi connectivity index (χ1v) is 9.50. The standard InChI is InChI=1S/C20H22N2O4S/c1-6-26-19(24)15-12(4)21-20-22(18(23)17(27-20)11(2)3)16(15)13-7-9-14(25-5)10-8-13/h7-10,16H,6H2,1-5H3/t16-/m1/s1. The lowest BCUT2D eigenvalue weighted by molar-refractivity contribution is -0.139. The summed E-state index contributed by atoms with van der Waals surface area (Å²) in [6.07, 6.45) is 0. The number of esters is 1. The van der Waals surface area contributed by atoms with Crippen molar-refractivity contribution in [1.29, 1.82) is 0 Å². The van der Waals surface area contributed by atoms with E-state index in [1.54, 1.807) is 25.5 Å². The minimum atomic E-state index is -0.584. The molecule has 0 unspecified atom stereocenters. The van der Waals surface area contributed by atoms with Crippen LogP contribution in [0.1, 0.15) is 39.3 Å². The number of carbonyl (C=O) groups is 1. The molecule has 0 amide bonds. The number of thiazole rings is 1. The van der Waals surface area contributed by atoms with E-state index in [9.17, 15) is 9.59 Å². The lowest BCUT2D eigenvalue weighted by atomic mass is 9.96. The number of hydrogen-bond donors (Lipinski definition) is 0. The van der Waals surface area contributed by atoms with E-state index in [0.717, 1.165) is 11.1 Å². The Balaban J connectivity index is 2.32. The number of benzene rings is 1.